The van der Waals surface area contributed by atoms with E-state index in [0.29, 0.717) is 36.5 Å². The average Bonchev–Trinajstić information content (AvgIpc) is 1.47. The number of carbonyl (C=O) groups is 4. The van der Waals surface area contributed by atoms with Crippen molar-refractivity contribution >= 4 is 31.9 Å². The van der Waals surface area contributed by atoms with Crippen molar-refractivity contribution in [2.75, 3.05) is 27.6 Å². The van der Waals surface area contributed by atoms with Gasteiger partial charge in [-0.2, -0.15) is 0 Å². The van der Waals surface area contributed by atoms with Crippen LogP contribution in [0.2, 0.25) is 0 Å². The van der Waals surface area contributed by atoms with E-state index in [4.69, 9.17) is 61.1 Å². The number of aliphatic hydroxyl groups excluding tert-OH is 2. The van der Waals surface area contributed by atoms with Gasteiger partial charge in [-0.25, -0.2) is 0 Å². The molecule has 28 atom stereocenters. The first-order valence-electron chi connectivity index (χ1n) is 36.0. The average molecular weight is 1520 g/mol. The summed E-state index contributed by atoms with van der Waals surface area (Å²) in [6.45, 7) is 31.9. The summed E-state index contributed by atoms with van der Waals surface area (Å²) in [7, 11) is 3.19. The van der Waals surface area contributed by atoms with Gasteiger partial charge in [0.25, 0.3) is 6.48 Å². The molecule has 99 heavy (non-hydrogen) atoms. The molecule has 22 nitrogen and oxygen atoms in total. The van der Waals surface area contributed by atoms with E-state index in [1.807, 2.05) is 0 Å². The fourth-order valence-electron chi connectivity index (χ4n) is 26.0. The van der Waals surface area contributed by atoms with Crippen LogP contribution in [0, 0.1) is 101 Å². The zero-order valence-corrected chi connectivity index (χ0v) is 66.2. The molecule has 4 N–H and O–H groups in total. The monoisotopic (exact) mass is 1520 g/mol. The van der Waals surface area contributed by atoms with Gasteiger partial charge < -0.3 is 67.8 Å². The molecular formula is C74H120BINaO22. The number of hydrogen-bond donors (Lipinski definition) is 4. The molecule has 3 saturated heterocycles. The van der Waals surface area contributed by atoms with Crippen LogP contribution < -0.4 is 63.4 Å². The molecule has 559 valence electrons. The maximum absolute atomic E-state index is 14.9. The Morgan fingerprint density at radius 1 is 0.606 bits per heavy atom. The topological polar surface area (TPSA) is 334 Å². The van der Waals surface area contributed by atoms with Gasteiger partial charge >= 0.3 is 41.5 Å². The number of aliphatic hydroxyl groups is 4. The number of esters is 2. The number of ketones is 2. The van der Waals surface area contributed by atoms with Crippen molar-refractivity contribution < 1.29 is 150 Å². The number of ether oxygens (including phenoxy) is 10. The van der Waals surface area contributed by atoms with Crippen molar-refractivity contribution in [1.29, 1.82) is 0 Å². The molecule has 3 heterocycles. The minimum absolute atomic E-state index is 0. The van der Waals surface area contributed by atoms with Gasteiger partial charge in [0.15, 0.2) is 36.9 Å². The summed E-state index contributed by atoms with van der Waals surface area (Å²) in [4.78, 5) is 53.9. The number of carbonyl (C=O) groups excluding carboxylic acids is 4. The summed E-state index contributed by atoms with van der Waals surface area (Å²) in [6, 6.07) is 0. The molecule has 3 radical (unpaired) electrons. The van der Waals surface area contributed by atoms with Gasteiger partial charge in [-0.15, -0.1) is 0 Å². The molecule has 7 unspecified atom stereocenters. The van der Waals surface area contributed by atoms with E-state index >= 15 is 0 Å². The smallest absolute Gasteiger partial charge is 0.457 e. The molecule has 0 aromatic carbocycles. The predicted molar refractivity (Wildman–Crippen MR) is 346 cm³/mol. The summed E-state index contributed by atoms with van der Waals surface area (Å²) in [6.07, 6.45) is 10.5. The van der Waals surface area contributed by atoms with Gasteiger partial charge in [0.2, 0.25) is 0 Å². The SMILES string of the molecule is C.CC(=O)O[C@@H](C1C[C@@H](C)[C@H]2C(O1)C(=O)[C@@]1(C)C3CC[C@H]4C(C)(C)[C@@H](O[C@H]5C[C@@H](O)C(O)CO5)CC[C@@]45C[C@@]35CC[C@]21C)C(C)(C)O.COCO[C@H](OC)O[C@H]1CC[C@]23C[C@]24CC[C@]2(C)[C@@H]5C(OC([C@H](OC(C)=O)C(C)(C)O)C[C@H]5C)C(=O)[C@@]2(C)C4CC[C@H]3C1(C)C.[B].[Na+].[O-][I+3]([O-])([O-])[O-]. The minimum atomic E-state index is -5.94. The Morgan fingerprint density at radius 3 is 1.36 bits per heavy atom. The summed E-state index contributed by atoms with van der Waals surface area (Å²) >= 11 is -5.94. The van der Waals surface area contributed by atoms with Crippen molar-refractivity contribution in [3.05, 3.63) is 0 Å². The second-order valence-electron chi connectivity index (χ2n) is 35.9. The van der Waals surface area contributed by atoms with E-state index in [-0.39, 0.29) is 156 Å². The Hall–Kier alpha value is -0.565. The van der Waals surface area contributed by atoms with Gasteiger partial charge in [0, 0.05) is 65.6 Å². The van der Waals surface area contributed by atoms with Gasteiger partial charge in [-0.1, -0.05) is 76.7 Å². The van der Waals surface area contributed by atoms with E-state index in [2.05, 4.69) is 69.2 Å². The summed E-state index contributed by atoms with van der Waals surface area (Å²) in [5.74, 6) is 1.74. The van der Waals surface area contributed by atoms with Crippen LogP contribution in [0.5, 0.6) is 0 Å². The molecule has 13 fully saturated rings. The number of methoxy groups -OCH3 is 2. The third kappa shape index (κ3) is 13.3. The summed E-state index contributed by atoms with van der Waals surface area (Å²) in [5, 5.41) is 42.1. The fourth-order valence-corrected chi connectivity index (χ4v) is 26.0. The van der Waals surface area contributed by atoms with E-state index < -0.39 is 116 Å². The molecule has 0 amide bonds. The van der Waals surface area contributed by atoms with Crippen molar-refractivity contribution in [1.82, 2.24) is 0 Å². The van der Waals surface area contributed by atoms with Gasteiger partial charge in [-0.05, 0) is 209 Å². The number of fused-ring (bicyclic) bond motifs is 8. The molecule has 0 aromatic rings. The standard InChI is InChI=1S/C37H58O9.C36H58O9.CH4.B.IO4.Na/c1-19-15-23(31(33(5,6)42)44-20(2)38)45-29-28(19)34(7)13-14-37-18-36(37)12-11-26(46-27-16-21(39)22(40)17-43-27)32(3,4)24(36)9-10-25(37)35(34,8)30(29)41;1-20-17-22(29(32(5,6)39)43-21(2)37)44-27-26(20)33(7)15-16-36-18-35(36)14-13-25(45-30(41-10)42-19-40-9)31(3,4)23(35)11-12-24(36)34(33,8)28(27)38;;;2-1(3,4)5;/h19,21-29,31,39-40,42H,9-18H2,1-8H3;20,22-27,29-30,39H,11-19H2,1-10H3;1H4;;;/q;;;;-1;+1/t19-,21-,22?,23?,24+,25?,26+,27+,28+,29?,31+,34-,35-,36-,37+;20-,22?,23+,24?,25+,26+,27?,29+,30+,33-,34-,35-,36+;;;;/m11..../s1. The minimum Gasteiger partial charge on any atom is -0.457 e. The first-order chi connectivity index (χ1) is 44.3. The van der Waals surface area contributed by atoms with Crippen LogP contribution in [0.25, 0.3) is 0 Å². The van der Waals surface area contributed by atoms with E-state index in [1.54, 1.807) is 41.9 Å². The van der Waals surface area contributed by atoms with Crippen molar-refractivity contribution in [3.63, 3.8) is 0 Å². The summed E-state index contributed by atoms with van der Waals surface area (Å²) < 4.78 is 94.2. The second kappa shape index (κ2) is 28.5. The first-order valence-corrected chi connectivity index (χ1v) is 39.5. The van der Waals surface area contributed by atoms with Gasteiger partial charge in [0.05, 0.1) is 48.3 Å². The van der Waals surface area contributed by atoms with Crippen LogP contribution in [-0.2, 0) is 66.5 Å². The molecule has 10 aliphatic carbocycles. The number of rotatable bonds is 14. The molecule has 3 aliphatic heterocycles. The Morgan fingerprint density at radius 2 is 0.990 bits per heavy atom. The zero-order chi connectivity index (χ0) is 70.9. The Kier molecular flexibility index (Phi) is 24.2. The second-order valence-corrected chi connectivity index (χ2v) is 38.1. The van der Waals surface area contributed by atoms with Crippen LogP contribution >= 0.6 is 0 Å². The molecule has 13 aliphatic rings. The molecule has 0 aromatic heterocycles. The predicted octanol–water partition coefficient (Wildman–Crippen LogP) is -0.282. The van der Waals surface area contributed by atoms with E-state index in [1.165, 1.54) is 26.7 Å². The quantitative estimate of drug-likeness (QED) is 0.0571. The summed E-state index contributed by atoms with van der Waals surface area (Å²) in [5.41, 5.74) is -3.34. The third-order valence-corrected chi connectivity index (χ3v) is 30.1. The molecule has 0 bridgehead atoms. The maximum atomic E-state index is 14.9. The number of hydrogen-bond acceptors (Lipinski definition) is 22. The Labute approximate surface area is 619 Å². The van der Waals surface area contributed by atoms with Crippen molar-refractivity contribution in [3.8, 4) is 0 Å². The zero-order valence-electron chi connectivity index (χ0n) is 62.1. The largest absolute Gasteiger partial charge is 1.00 e. The van der Waals surface area contributed by atoms with Crippen LogP contribution in [0.3, 0.4) is 0 Å². The molecule has 13 rings (SSSR count). The molecular weight excluding hydrogens is 1400 g/mol. The van der Waals surface area contributed by atoms with Crippen molar-refractivity contribution in [2.45, 2.75) is 312 Å². The van der Waals surface area contributed by atoms with Crippen LogP contribution in [0.1, 0.15) is 227 Å². The Balaban J connectivity index is 0.000000230. The molecule has 25 heteroatoms. The maximum Gasteiger partial charge on any atom is 1.00 e. The number of halogens is 1. The van der Waals surface area contributed by atoms with Crippen LogP contribution in [0.4, 0.5) is 0 Å². The van der Waals surface area contributed by atoms with Crippen LogP contribution in [-0.4, -0.2) is 165 Å². The normalized spacial score (nSPS) is 47.0. The molecule has 4 spiro atoms. The van der Waals surface area contributed by atoms with Gasteiger partial charge in [-0.3, -0.25) is 32.9 Å². The van der Waals surface area contributed by atoms with Crippen molar-refractivity contribution in [2.24, 2.45) is 101 Å². The first kappa shape index (κ1) is 84.1. The molecule has 10 saturated carbocycles. The van der Waals surface area contributed by atoms with E-state index in [9.17, 15) is 39.6 Å². The van der Waals surface area contributed by atoms with E-state index in [0.717, 1.165) is 77.0 Å². The third-order valence-electron chi connectivity index (χ3n) is 30.1. The number of Topliss-reactive ketones (excluding diaryl/α,β-unsaturated/α-hetero) is 2. The van der Waals surface area contributed by atoms with Crippen LogP contribution in [0.15, 0.2) is 0 Å². The van der Waals surface area contributed by atoms with Gasteiger partial charge in [0.1, 0.15) is 38.4 Å². The fraction of sp³-hybridized carbons (Fsp3) is 0.946. The Bertz CT molecular complexity index is 2930.